The van der Waals surface area contributed by atoms with Gasteiger partial charge in [0.2, 0.25) is 0 Å². The number of carboxylic acid groups (broad SMARTS) is 1. The van der Waals surface area contributed by atoms with E-state index in [1.165, 1.54) is 6.42 Å². The number of ether oxygens (including phenoxy) is 1. The van der Waals surface area contributed by atoms with Gasteiger partial charge in [0.15, 0.2) is 0 Å². The van der Waals surface area contributed by atoms with Crippen molar-refractivity contribution < 1.29 is 14.6 Å². The fraction of sp³-hybridized carbons (Fsp3) is 0.889. The Bertz CT molecular complexity index is 152. The largest absolute Gasteiger partial charge is 0.481 e. The van der Waals surface area contributed by atoms with E-state index in [1.807, 2.05) is 6.92 Å². The molecule has 0 saturated heterocycles. The summed E-state index contributed by atoms with van der Waals surface area (Å²) in [4.78, 5) is 10.2. The lowest BCUT2D eigenvalue weighted by Crippen LogP contribution is -2.26. The van der Waals surface area contributed by atoms with E-state index < -0.39 is 5.97 Å². The van der Waals surface area contributed by atoms with E-state index in [4.69, 9.17) is 9.84 Å². The quantitative estimate of drug-likeness (QED) is 0.688. The first-order chi connectivity index (χ1) is 5.68. The zero-order valence-electron chi connectivity index (χ0n) is 7.45. The molecule has 0 radical (unpaired) electrons. The third-order valence-electron chi connectivity index (χ3n) is 2.24. The Morgan fingerprint density at radius 3 is 2.75 bits per heavy atom. The summed E-state index contributed by atoms with van der Waals surface area (Å²) in [7, 11) is 0. The molecule has 0 aromatic heterocycles. The Hall–Kier alpha value is -0.570. The van der Waals surface area contributed by atoms with Gasteiger partial charge in [0, 0.05) is 6.42 Å². The highest BCUT2D eigenvalue weighted by Crippen LogP contribution is 2.24. The second-order valence-electron chi connectivity index (χ2n) is 3.43. The van der Waals surface area contributed by atoms with Gasteiger partial charge in [0.25, 0.3) is 0 Å². The topological polar surface area (TPSA) is 46.5 Å². The maximum absolute atomic E-state index is 10.2. The first kappa shape index (κ1) is 9.52. The molecule has 0 spiro atoms. The first-order valence-electron chi connectivity index (χ1n) is 4.55. The minimum Gasteiger partial charge on any atom is -0.481 e. The summed E-state index contributed by atoms with van der Waals surface area (Å²) in [6, 6.07) is 0. The van der Waals surface area contributed by atoms with E-state index in [-0.39, 0.29) is 12.5 Å². The van der Waals surface area contributed by atoms with Gasteiger partial charge in [-0.25, -0.2) is 0 Å². The molecule has 12 heavy (non-hydrogen) atoms. The molecule has 0 aromatic carbocycles. The molecule has 3 nitrogen and oxygen atoms in total. The van der Waals surface area contributed by atoms with E-state index in [9.17, 15) is 4.79 Å². The van der Waals surface area contributed by atoms with Crippen molar-refractivity contribution in [2.75, 3.05) is 0 Å². The number of hydrogen-bond acceptors (Lipinski definition) is 2. The maximum atomic E-state index is 10.2. The molecule has 1 N–H and O–H groups in total. The summed E-state index contributed by atoms with van der Waals surface area (Å²) in [6.45, 7) is 1.95. The molecule has 1 saturated carbocycles. The molecule has 1 aliphatic carbocycles. The summed E-state index contributed by atoms with van der Waals surface area (Å²) in [5, 5.41) is 8.41. The standard InChI is InChI=1S/C9H16O3/c1-7(5-6-9(10)11)12-8-3-2-4-8/h7-8H,2-6H2,1H3,(H,10,11). The summed E-state index contributed by atoms with van der Waals surface area (Å²) in [5.41, 5.74) is 0. The summed E-state index contributed by atoms with van der Waals surface area (Å²) >= 11 is 0. The smallest absolute Gasteiger partial charge is 0.303 e. The van der Waals surface area contributed by atoms with Crippen LogP contribution in [0.1, 0.15) is 39.0 Å². The Morgan fingerprint density at radius 1 is 1.67 bits per heavy atom. The second-order valence-corrected chi connectivity index (χ2v) is 3.43. The predicted molar refractivity (Wildman–Crippen MR) is 45.1 cm³/mol. The predicted octanol–water partition coefficient (Wildman–Crippen LogP) is 1.81. The number of carboxylic acids is 1. The van der Waals surface area contributed by atoms with Crippen LogP contribution in [-0.4, -0.2) is 23.3 Å². The van der Waals surface area contributed by atoms with Gasteiger partial charge in [-0.2, -0.15) is 0 Å². The van der Waals surface area contributed by atoms with Crippen molar-refractivity contribution in [2.24, 2.45) is 0 Å². The van der Waals surface area contributed by atoms with Crippen LogP contribution in [0.15, 0.2) is 0 Å². The molecular weight excluding hydrogens is 156 g/mol. The zero-order chi connectivity index (χ0) is 8.97. The third kappa shape index (κ3) is 3.22. The maximum Gasteiger partial charge on any atom is 0.303 e. The summed E-state index contributed by atoms with van der Waals surface area (Å²) in [6.07, 6.45) is 4.92. The van der Waals surface area contributed by atoms with Crippen molar-refractivity contribution in [3.8, 4) is 0 Å². The third-order valence-corrected chi connectivity index (χ3v) is 2.24. The van der Waals surface area contributed by atoms with Crippen LogP contribution in [0.5, 0.6) is 0 Å². The molecule has 1 aliphatic rings. The van der Waals surface area contributed by atoms with Crippen molar-refractivity contribution in [3.63, 3.8) is 0 Å². The Kier molecular flexibility index (Phi) is 3.53. The molecule has 3 heteroatoms. The minimum absolute atomic E-state index is 0.103. The fourth-order valence-corrected chi connectivity index (χ4v) is 1.23. The molecule has 0 heterocycles. The number of aliphatic carboxylic acids is 1. The average molecular weight is 172 g/mol. The Labute approximate surface area is 72.7 Å². The molecule has 1 atom stereocenters. The monoisotopic (exact) mass is 172 g/mol. The number of hydrogen-bond donors (Lipinski definition) is 1. The number of carbonyl (C=O) groups is 1. The molecule has 1 unspecified atom stereocenters. The molecular formula is C9H16O3. The van der Waals surface area contributed by atoms with Crippen molar-refractivity contribution >= 4 is 5.97 Å². The fourth-order valence-electron chi connectivity index (χ4n) is 1.23. The van der Waals surface area contributed by atoms with Gasteiger partial charge >= 0.3 is 5.97 Å². The first-order valence-corrected chi connectivity index (χ1v) is 4.55. The molecule has 0 amide bonds. The SMILES string of the molecule is CC(CCC(=O)O)OC1CCC1. The highest BCUT2D eigenvalue weighted by atomic mass is 16.5. The van der Waals surface area contributed by atoms with Crippen LogP contribution >= 0.6 is 0 Å². The van der Waals surface area contributed by atoms with Gasteiger partial charge < -0.3 is 9.84 Å². The zero-order valence-corrected chi connectivity index (χ0v) is 7.45. The van der Waals surface area contributed by atoms with Crippen LogP contribution in [0.4, 0.5) is 0 Å². The highest BCUT2D eigenvalue weighted by Gasteiger charge is 2.20. The lowest BCUT2D eigenvalue weighted by atomic mass is 9.96. The molecule has 1 fully saturated rings. The molecule has 0 aromatic rings. The lowest BCUT2D eigenvalue weighted by Gasteiger charge is -2.28. The minimum atomic E-state index is -0.737. The van der Waals surface area contributed by atoms with Crippen LogP contribution in [0.3, 0.4) is 0 Å². The van der Waals surface area contributed by atoms with Gasteiger partial charge in [-0.15, -0.1) is 0 Å². The lowest BCUT2D eigenvalue weighted by molar-refractivity contribution is -0.138. The number of rotatable bonds is 5. The molecule has 0 aliphatic heterocycles. The van der Waals surface area contributed by atoms with Crippen molar-refractivity contribution in [3.05, 3.63) is 0 Å². The van der Waals surface area contributed by atoms with E-state index in [1.54, 1.807) is 0 Å². The molecule has 0 bridgehead atoms. The van der Waals surface area contributed by atoms with Gasteiger partial charge in [0.05, 0.1) is 12.2 Å². The van der Waals surface area contributed by atoms with E-state index in [2.05, 4.69) is 0 Å². The van der Waals surface area contributed by atoms with E-state index in [0.29, 0.717) is 12.5 Å². The Morgan fingerprint density at radius 2 is 2.33 bits per heavy atom. The Balaban J connectivity index is 2.02. The van der Waals surface area contributed by atoms with Gasteiger partial charge in [-0.05, 0) is 32.6 Å². The van der Waals surface area contributed by atoms with Crippen molar-refractivity contribution in [1.82, 2.24) is 0 Å². The average Bonchev–Trinajstić information content (AvgIpc) is 1.93. The normalized spacial score (nSPS) is 20.1. The van der Waals surface area contributed by atoms with Crippen molar-refractivity contribution in [2.45, 2.75) is 51.2 Å². The van der Waals surface area contributed by atoms with Crippen LogP contribution < -0.4 is 0 Å². The molecule has 1 rings (SSSR count). The van der Waals surface area contributed by atoms with E-state index in [0.717, 1.165) is 12.8 Å². The van der Waals surface area contributed by atoms with Crippen LogP contribution in [0.2, 0.25) is 0 Å². The van der Waals surface area contributed by atoms with E-state index >= 15 is 0 Å². The van der Waals surface area contributed by atoms with Crippen LogP contribution in [0, 0.1) is 0 Å². The second kappa shape index (κ2) is 4.45. The molecule has 70 valence electrons. The van der Waals surface area contributed by atoms with Gasteiger partial charge in [-0.1, -0.05) is 0 Å². The van der Waals surface area contributed by atoms with Crippen molar-refractivity contribution in [1.29, 1.82) is 0 Å². The van der Waals surface area contributed by atoms with Crippen LogP contribution in [-0.2, 0) is 9.53 Å². The summed E-state index contributed by atoms with van der Waals surface area (Å²) < 4.78 is 5.57. The van der Waals surface area contributed by atoms with Crippen LogP contribution in [0.25, 0.3) is 0 Å². The summed E-state index contributed by atoms with van der Waals surface area (Å²) in [5.74, 6) is -0.737. The van der Waals surface area contributed by atoms with Gasteiger partial charge in [-0.3, -0.25) is 4.79 Å². The highest BCUT2D eigenvalue weighted by molar-refractivity contribution is 5.66. The van der Waals surface area contributed by atoms with Gasteiger partial charge in [0.1, 0.15) is 0 Å².